The third kappa shape index (κ3) is 3.68. The molecule has 0 atom stereocenters. The second-order valence-corrected chi connectivity index (χ2v) is 6.43. The van der Waals surface area contributed by atoms with E-state index in [-0.39, 0.29) is 11.8 Å². The number of carbonyl (C=O) groups is 2. The van der Waals surface area contributed by atoms with Crippen molar-refractivity contribution in [3.05, 3.63) is 88.1 Å². The molecule has 132 valence electrons. The zero-order chi connectivity index (χ0) is 18.6. The zero-order valence-corrected chi connectivity index (χ0v) is 14.8. The first-order valence-corrected chi connectivity index (χ1v) is 9.02. The lowest BCUT2D eigenvalue weighted by Crippen LogP contribution is -2.12. The third-order valence-corrected chi connectivity index (χ3v) is 4.54. The smallest absolute Gasteiger partial charge is 0.322 e. The molecule has 0 saturated heterocycles. The fourth-order valence-corrected chi connectivity index (χ4v) is 3.10. The van der Waals surface area contributed by atoms with E-state index < -0.39 is 5.91 Å². The molecule has 6 nitrogen and oxygen atoms in total. The normalized spacial score (nSPS) is 10.5. The molecular formula is C20H13N3O3S. The number of ketones is 1. The van der Waals surface area contributed by atoms with Crippen LogP contribution in [0, 0.1) is 0 Å². The van der Waals surface area contributed by atoms with Gasteiger partial charge in [0.25, 0.3) is 11.8 Å². The van der Waals surface area contributed by atoms with E-state index in [0.29, 0.717) is 22.6 Å². The van der Waals surface area contributed by atoms with Gasteiger partial charge in [0.15, 0.2) is 5.78 Å². The molecule has 4 rings (SSSR count). The number of nitrogens with one attached hydrogen (secondary N) is 1. The van der Waals surface area contributed by atoms with Gasteiger partial charge in [0.1, 0.15) is 0 Å². The molecule has 4 aromatic rings. The van der Waals surface area contributed by atoms with Crippen molar-refractivity contribution in [2.24, 2.45) is 0 Å². The standard InChI is InChI=1S/C20H13N3O3S/c24-17(13-4-2-1-3-5-13)14-6-8-15(9-7-14)18(25)21-20-23-22-19(26-20)16-10-11-27-12-16/h1-12H,(H,21,23,25). The lowest BCUT2D eigenvalue weighted by atomic mass is 10.0. The van der Waals surface area contributed by atoms with Crippen molar-refractivity contribution < 1.29 is 14.0 Å². The van der Waals surface area contributed by atoms with Crippen LogP contribution in [0.2, 0.25) is 0 Å². The Labute approximate surface area is 158 Å². The van der Waals surface area contributed by atoms with Crippen molar-refractivity contribution in [2.45, 2.75) is 0 Å². The maximum Gasteiger partial charge on any atom is 0.322 e. The number of thiophene rings is 1. The molecule has 0 unspecified atom stereocenters. The largest absolute Gasteiger partial charge is 0.403 e. The van der Waals surface area contributed by atoms with E-state index in [0.717, 1.165) is 5.56 Å². The van der Waals surface area contributed by atoms with Gasteiger partial charge in [-0.2, -0.15) is 11.3 Å². The van der Waals surface area contributed by atoms with Gasteiger partial charge in [-0.25, -0.2) is 0 Å². The van der Waals surface area contributed by atoms with Gasteiger partial charge in [0, 0.05) is 27.6 Å². The van der Waals surface area contributed by atoms with Crippen molar-refractivity contribution >= 4 is 29.0 Å². The average Bonchev–Trinajstić information content (AvgIpc) is 3.40. The van der Waals surface area contributed by atoms with Crippen LogP contribution in [-0.4, -0.2) is 21.9 Å². The Kier molecular flexibility index (Phi) is 4.59. The maximum atomic E-state index is 12.4. The summed E-state index contributed by atoms with van der Waals surface area (Å²) >= 11 is 1.51. The molecule has 2 heterocycles. The van der Waals surface area contributed by atoms with Gasteiger partial charge in [-0.1, -0.05) is 47.6 Å². The number of amides is 1. The summed E-state index contributed by atoms with van der Waals surface area (Å²) in [6, 6.07) is 17.3. The van der Waals surface area contributed by atoms with Gasteiger partial charge < -0.3 is 4.42 Å². The topological polar surface area (TPSA) is 85.1 Å². The molecule has 0 fully saturated rings. The molecule has 1 N–H and O–H groups in total. The zero-order valence-electron chi connectivity index (χ0n) is 14.0. The molecule has 2 aromatic carbocycles. The van der Waals surface area contributed by atoms with Crippen molar-refractivity contribution in [3.8, 4) is 11.5 Å². The summed E-state index contributed by atoms with van der Waals surface area (Å²) < 4.78 is 5.44. The Hall–Kier alpha value is -3.58. The van der Waals surface area contributed by atoms with Crippen LogP contribution >= 0.6 is 11.3 Å². The summed E-state index contributed by atoms with van der Waals surface area (Å²) in [6.45, 7) is 0. The van der Waals surface area contributed by atoms with E-state index in [1.165, 1.54) is 11.3 Å². The van der Waals surface area contributed by atoms with Crippen LogP contribution in [0.1, 0.15) is 26.3 Å². The van der Waals surface area contributed by atoms with Crippen molar-refractivity contribution in [2.75, 3.05) is 5.32 Å². The monoisotopic (exact) mass is 375 g/mol. The molecule has 0 aliphatic carbocycles. The number of hydrogen-bond donors (Lipinski definition) is 1. The molecule has 27 heavy (non-hydrogen) atoms. The maximum absolute atomic E-state index is 12.4. The van der Waals surface area contributed by atoms with Gasteiger partial charge in [-0.15, -0.1) is 5.10 Å². The van der Waals surface area contributed by atoms with Crippen LogP contribution in [-0.2, 0) is 0 Å². The number of rotatable bonds is 5. The highest BCUT2D eigenvalue weighted by Gasteiger charge is 2.14. The van der Waals surface area contributed by atoms with E-state index >= 15 is 0 Å². The Morgan fingerprint density at radius 2 is 1.56 bits per heavy atom. The third-order valence-electron chi connectivity index (χ3n) is 3.86. The Balaban J connectivity index is 1.46. The van der Waals surface area contributed by atoms with Crippen molar-refractivity contribution in [1.29, 1.82) is 0 Å². The van der Waals surface area contributed by atoms with Gasteiger partial charge in [0.05, 0.1) is 0 Å². The lowest BCUT2D eigenvalue weighted by molar-refractivity contribution is 0.101. The first-order valence-electron chi connectivity index (χ1n) is 8.08. The molecule has 1 amide bonds. The predicted molar refractivity (Wildman–Crippen MR) is 102 cm³/mol. The van der Waals surface area contributed by atoms with Gasteiger partial charge >= 0.3 is 6.01 Å². The summed E-state index contributed by atoms with van der Waals surface area (Å²) in [5.74, 6) is -0.149. The molecule has 7 heteroatoms. The first-order chi connectivity index (χ1) is 13.2. The molecule has 0 bridgehead atoms. The van der Waals surface area contributed by atoms with Crippen molar-refractivity contribution in [1.82, 2.24) is 10.2 Å². The Morgan fingerprint density at radius 3 is 2.26 bits per heavy atom. The summed E-state index contributed by atoms with van der Waals surface area (Å²) in [7, 11) is 0. The van der Waals surface area contributed by atoms with E-state index in [9.17, 15) is 9.59 Å². The SMILES string of the molecule is O=C(Nc1nnc(-c2ccsc2)o1)c1ccc(C(=O)c2ccccc2)cc1. The summed E-state index contributed by atoms with van der Waals surface area (Å²) in [5, 5.41) is 14.1. The Morgan fingerprint density at radius 1 is 0.852 bits per heavy atom. The highest BCUT2D eigenvalue weighted by atomic mass is 32.1. The molecule has 2 aromatic heterocycles. The van der Waals surface area contributed by atoms with Crippen LogP contribution in [0.3, 0.4) is 0 Å². The van der Waals surface area contributed by atoms with E-state index in [2.05, 4.69) is 15.5 Å². The fourth-order valence-electron chi connectivity index (χ4n) is 2.48. The number of benzene rings is 2. The highest BCUT2D eigenvalue weighted by Crippen LogP contribution is 2.22. The quantitative estimate of drug-likeness (QED) is 0.526. The lowest BCUT2D eigenvalue weighted by Gasteiger charge is -2.03. The van der Waals surface area contributed by atoms with Gasteiger partial charge in [0.2, 0.25) is 0 Å². The van der Waals surface area contributed by atoms with Crippen LogP contribution in [0.5, 0.6) is 0 Å². The molecule has 0 aliphatic heterocycles. The van der Waals surface area contributed by atoms with Crippen LogP contribution in [0.25, 0.3) is 11.5 Å². The predicted octanol–water partition coefficient (Wildman–Crippen LogP) is 4.28. The molecule has 0 saturated carbocycles. The van der Waals surface area contributed by atoms with Crippen LogP contribution in [0.15, 0.2) is 75.8 Å². The van der Waals surface area contributed by atoms with E-state index in [1.54, 1.807) is 36.4 Å². The summed E-state index contributed by atoms with van der Waals surface area (Å²) in [5.41, 5.74) is 2.29. The number of carbonyl (C=O) groups excluding carboxylic acids is 2. The highest BCUT2D eigenvalue weighted by molar-refractivity contribution is 7.08. The second kappa shape index (κ2) is 7.35. The number of aromatic nitrogens is 2. The molecule has 0 radical (unpaired) electrons. The number of nitrogens with zero attached hydrogens (tertiary/aromatic N) is 2. The second-order valence-electron chi connectivity index (χ2n) is 5.65. The van der Waals surface area contributed by atoms with Gasteiger partial charge in [-0.3, -0.25) is 14.9 Å². The minimum absolute atomic E-state index is 0.0191. The average molecular weight is 375 g/mol. The van der Waals surface area contributed by atoms with Gasteiger partial charge in [-0.05, 0) is 23.6 Å². The van der Waals surface area contributed by atoms with E-state index in [4.69, 9.17) is 4.42 Å². The fraction of sp³-hybridized carbons (Fsp3) is 0. The summed E-state index contributed by atoms with van der Waals surface area (Å²) in [6.07, 6.45) is 0. The number of anilines is 1. The first kappa shape index (κ1) is 16.9. The molecule has 0 spiro atoms. The number of hydrogen-bond acceptors (Lipinski definition) is 6. The molecular weight excluding hydrogens is 362 g/mol. The minimum atomic E-state index is -0.394. The van der Waals surface area contributed by atoms with Crippen LogP contribution in [0.4, 0.5) is 6.01 Å². The van der Waals surface area contributed by atoms with E-state index in [1.807, 2.05) is 35.0 Å². The van der Waals surface area contributed by atoms with Crippen molar-refractivity contribution in [3.63, 3.8) is 0 Å². The minimum Gasteiger partial charge on any atom is -0.403 e. The summed E-state index contributed by atoms with van der Waals surface area (Å²) in [4.78, 5) is 24.7. The Bertz CT molecular complexity index is 1070. The van der Waals surface area contributed by atoms with Crippen LogP contribution < -0.4 is 5.32 Å². The molecule has 0 aliphatic rings.